The Bertz CT molecular complexity index is 1030. The summed E-state index contributed by atoms with van der Waals surface area (Å²) in [5.74, 6) is 0.126. The van der Waals surface area contributed by atoms with E-state index in [1.54, 1.807) is 86.0 Å². The molecule has 1 amide bonds. The van der Waals surface area contributed by atoms with E-state index in [9.17, 15) is 14.7 Å². The summed E-state index contributed by atoms with van der Waals surface area (Å²) in [6.07, 6.45) is 1.38. The van der Waals surface area contributed by atoms with E-state index in [1.165, 1.54) is 6.08 Å². The molecule has 29 heavy (non-hydrogen) atoms. The molecule has 6 heteroatoms. The summed E-state index contributed by atoms with van der Waals surface area (Å²) in [6.45, 7) is 0. The lowest BCUT2D eigenvalue weighted by Gasteiger charge is -2.09. The molecule has 0 fully saturated rings. The maximum Gasteiger partial charge on any atom is 0.352 e. The van der Waals surface area contributed by atoms with E-state index in [1.807, 2.05) is 0 Å². The number of rotatable bonds is 7. The first-order valence-electron chi connectivity index (χ1n) is 8.78. The van der Waals surface area contributed by atoms with E-state index in [2.05, 4.69) is 5.32 Å². The Morgan fingerprint density at radius 1 is 0.862 bits per heavy atom. The molecule has 0 unspecified atom stereocenters. The molecule has 0 aliphatic heterocycles. The van der Waals surface area contributed by atoms with Crippen LogP contribution in [0, 0.1) is 0 Å². The summed E-state index contributed by atoms with van der Waals surface area (Å²) in [5, 5.41) is 11.9. The monoisotopic (exact) mass is 389 g/mol. The quantitative estimate of drug-likeness (QED) is 0.587. The van der Waals surface area contributed by atoms with Crippen molar-refractivity contribution < 1.29 is 24.2 Å². The Labute approximate surface area is 168 Å². The highest BCUT2D eigenvalue weighted by Gasteiger charge is 2.13. The van der Waals surface area contributed by atoms with E-state index < -0.39 is 11.9 Å². The lowest BCUT2D eigenvalue weighted by molar-refractivity contribution is -0.132. The van der Waals surface area contributed by atoms with Gasteiger partial charge in [0.25, 0.3) is 5.91 Å². The number of carbonyl (C=O) groups excluding carboxylic acids is 1. The first-order chi connectivity index (χ1) is 14.0. The number of carbonyl (C=O) groups is 2. The van der Waals surface area contributed by atoms with Gasteiger partial charge in [-0.3, -0.25) is 4.79 Å². The third-order valence-electron chi connectivity index (χ3n) is 3.98. The minimum atomic E-state index is -1.24. The summed E-state index contributed by atoms with van der Waals surface area (Å²) >= 11 is 0. The molecule has 0 atom stereocenters. The van der Waals surface area contributed by atoms with Crippen LogP contribution in [-0.2, 0) is 4.79 Å². The van der Waals surface area contributed by atoms with E-state index in [4.69, 9.17) is 9.47 Å². The normalized spacial score (nSPS) is 10.9. The number of carboxylic acids is 1. The van der Waals surface area contributed by atoms with Crippen LogP contribution in [0.5, 0.6) is 17.2 Å². The number of ether oxygens (including phenoxy) is 2. The van der Waals surface area contributed by atoms with Crippen LogP contribution in [0.15, 0.2) is 84.6 Å². The molecule has 3 rings (SSSR count). The Hall–Kier alpha value is -4.06. The summed E-state index contributed by atoms with van der Waals surface area (Å²) in [5.41, 5.74) is 0.707. The third kappa shape index (κ3) is 5.46. The van der Waals surface area contributed by atoms with Crippen molar-refractivity contribution in [3.63, 3.8) is 0 Å². The highest BCUT2D eigenvalue weighted by atomic mass is 16.5. The van der Waals surface area contributed by atoms with Gasteiger partial charge >= 0.3 is 5.97 Å². The Morgan fingerprint density at radius 3 is 2.21 bits per heavy atom. The topological polar surface area (TPSA) is 84.9 Å². The average Bonchev–Trinajstić information content (AvgIpc) is 2.74. The van der Waals surface area contributed by atoms with Crippen molar-refractivity contribution in [1.29, 1.82) is 0 Å². The zero-order chi connectivity index (χ0) is 20.6. The van der Waals surface area contributed by atoms with Gasteiger partial charge in [0.05, 0.1) is 7.11 Å². The van der Waals surface area contributed by atoms with E-state index in [0.717, 1.165) is 0 Å². The number of carboxylic acid groups (broad SMARTS) is 1. The fourth-order valence-corrected chi connectivity index (χ4v) is 2.55. The number of nitrogens with one attached hydrogen (secondary N) is 1. The predicted molar refractivity (Wildman–Crippen MR) is 109 cm³/mol. The fourth-order valence-electron chi connectivity index (χ4n) is 2.55. The van der Waals surface area contributed by atoms with Crippen LogP contribution < -0.4 is 14.8 Å². The van der Waals surface area contributed by atoms with Crippen molar-refractivity contribution in [2.24, 2.45) is 0 Å². The molecule has 0 saturated heterocycles. The zero-order valence-corrected chi connectivity index (χ0v) is 15.7. The van der Waals surface area contributed by atoms with Gasteiger partial charge in [-0.25, -0.2) is 4.79 Å². The van der Waals surface area contributed by atoms with Crippen molar-refractivity contribution in [2.75, 3.05) is 7.11 Å². The Morgan fingerprint density at radius 2 is 1.55 bits per heavy atom. The maximum absolute atomic E-state index is 12.3. The summed E-state index contributed by atoms with van der Waals surface area (Å²) in [6, 6.07) is 22.4. The van der Waals surface area contributed by atoms with E-state index >= 15 is 0 Å². The van der Waals surface area contributed by atoms with Gasteiger partial charge in [-0.1, -0.05) is 30.3 Å². The molecule has 146 valence electrons. The van der Waals surface area contributed by atoms with Gasteiger partial charge < -0.3 is 19.9 Å². The average molecular weight is 389 g/mol. The van der Waals surface area contributed by atoms with Gasteiger partial charge in [0.15, 0.2) is 0 Å². The van der Waals surface area contributed by atoms with Crippen LogP contribution in [0.3, 0.4) is 0 Å². The van der Waals surface area contributed by atoms with Crippen LogP contribution in [0.2, 0.25) is 0 Å². The molecule has 0 spiro atoms. The van der Waals surface area contributed by atoms with Crippen LogP contribution in [0.25, 0.3) is 6.08 Å². The second kappa shape index (κ2) is 9.23. The lowest BCUT2D eigenvalue weighted by Crippen LogP contribution is -2.27. The minimum absolute atomic E-state index is 0.236. The van der Waals surface area contributed by atoms with Gasteiger partial charge in [0.2, 0.25) is 0 Å². The molecule has 6 nitrogen and oxygen atoms in total. The smallest absolute Gasteiger partial charge is 0.352 e. The summed E-state index contributed by atoms with van der Waals surface area (Å²) in [4.78, 5) is 23.8. The van der Waals surface area contributed by atoms with Crippen molar-refractivity contribution in [2.45, 2.75) is 0 Å². The van der Waals surface area contributed by atoms with Gasteiger partial charge in [-0.2, -0.15) is 0 Å². The number of amides is 1. The van der Waals surface area contributed by atoms with Crippen molar-refractivity contribution in [3.05, 3.63) is 95.7 Å². The van der Waals surface area contributed by atoms with E-state index in [-0.39, 0.29) is 5.70 Å². The first kappa shape index (κ1) is 19.7. The SMILES string of the molecule is COc1ccc(Oc2cccc(/C=C(/NC(=O)c3ccccc3)C(=O)O)c2)cc1. The molecule has 0 aliphatic rings. The molecule has 0 aliphatic carbocycles. The van der Waals surface area contributed by atoms with Crippen LogP contribution in [0.4, 0.5) is 0 Å². The van der Waals surface area contributed by atoms with Crippen LogP contribution >= 0.6 is 0 Å². The highest BCUT2D eigenvalue weighted by molar-refractivity contribution is 6.02. The first-order valence-corrected chi connectivity index (χ1v) is 8.78. The Kier molecular flexibility index (Phi) is 6.27. The number of hydrogen-bond acceptors (Lipinski definition) is 4. The van der Waals surface area contributed by atoms with Gasteiger partial charge in [0, 0.05) is 5.56 Å². The molecular formula is C23H19NO5. The minimum Gasteiger partial charge on any atom is -0.497 e. The van der Waals surface area contributed by atoms with Crippen LogP contribution in [-0.4, -0.2) is 24.1 Å². The molecule has 0 heterocycles. The van der Waals surface area contributed by atoms with Gasteiger partial charge in [-0.15, -0.1) is 0 Å². The predicted octanol–water partition coefficient (Wildman–Crippen LogP) is 4.34. The summed E-state index contributed by atoms with van der Waals surface area (Å²) < 4.78 is 10.9. The molecule has 0 saturated carbocycles. The largest absolute Gasteiger partial charge is 0.497 e. The van der Waals surface area contributed by atoms with Gasteiger partial charge in [-0.05, 0) is 60.2 Å². The summed E-state index contributed by atoms with van der Waals surface area (Å²) in [7, 11) is 1.59. The second-order valence-corrected chi connectivity index (χ2v) is 6.03. The molecule has 3 aromatic rings. The number of hydrogen-bond donors (Lipinski definition) is 2. The van der Waals surface area contributed by atoms with Crippen molar-refractivity contribution in [3.8, 4) is 17.2 Å². The number of methoxy groups -OCH3 is 1. The molecule has 2 N–H and O–H groups in total. The maximum atomic E-state index is 12.3. The zero-order valence-electron chi connectivity index (χ0n) is 15.7. The molecule has 0 bridgehead atoms. The molecule has 0 radical (unpaired) electrons. The van der Waals surface area contributed by atoms with E-state index in [0.29, 0.717) is 28.4 Å². The van der Waals surface area contributed by atoms with Crippen LogP contribution in [0.1, 0.15) is 15.9 Å². The molecular weight excluding hydrogens is 370 g/mol. The Balaban J connectivity index is 1.78. The number of benzene rings is 3. The third-order valence-corrected chi connectivity index (χ3v) is 3.98. The van der Waals surface area contributed by atoms with Gasteiger partial charge in [0.1, 0.15) is 22.9 Å². The lowest BCUT2D eigenvalue weighted by atomic mass is 10.1. The molecule has 0 aromatic heterocycles. The standard InChI is InChI=1S/C23H19NO5/c1-28-18-10-12-19(13-11-18)29-20-9-5-6-16(14-20)15-21(23(26)27)24-22(25)17-7-3-2-4-8-17/h2-15H,1H3,(H,24,25)(H,26,27)/b21-15+. The van der Waals surface area contributed by atoms with Crippen molar-refractivity contribution in [1.82, 2.24) is 5.32 Å². The molecule has 3 aromatic carbocycles. The van der Waals surface area contributed by atoms with Crippen molar-refractivity contribution >= 4 is 18.0 Å². The second-order valence-electron chi connectivity index (χ2n) is 6.03. The number of aliphatic carboxylic acids is 1. The highest BCUT2D eigenvalue weighted by Crippen LogP contribution is 2.25. The fraction of sp³-hybridized carbons (Fsp3) is 0.0435.